The summed E-state index contributed by atoms with van der Waals surface area (Å²) in [5.74, 6) is -1.95. The fourth-order valence-electron chi connectivity index (χ4n) is 4.19. The van der Waals surface area contributed by atoms with Crippen LogP contribution in [-0.4, -0.2) is 76.2 Å². The van der Waals surface area contributed by atoms with E-state index in [-0.39, 0.29) is 16.5 Å². The number of rotatable bonds is 9. The second kappa shape index (κ2) is 11.6. The third-order valence-corrected chi connectivity index (χ3v) is 7.66. The van der Waals surface area contributed by atoms with Crippen molar-refractivity contribution in [3.63, 3.8) is 0 Å². The fraction of sp³-hybridized carbons (Fsp3) is 0.375. The molecule has 2 aliphatic rings. The number of aliphatic carboxylic acids is 1. The average molecular weight is 533 g/mol. The SMILES string of the molecule is O=C(NC[C@H](NS(=O)(=O)c1ccccc1)C(=O)O)c1ccc(N2CCC(NC3=NCCN3)CC2)c(F)c1. The van der Waals surface area contributed by atoms with Gasteiger partial charge >= 0.3 is 5.97 Å². The zero-order chi connectivity index (χ0) is 26.4. The Balaban J connectivity index is 1.32. The van der Waals surface area contributed by atoms with Crippen LogP contribution in [0.5, 0.6) is 0 Å². The molecule has 0 unspecified atom stereocenters. The summed E-state index contributed by atoms with van der Waals surface area (Å²) in [5, 5.41) is 18.3. The van der Waals surface area contributed by atoms with E-state index in [4.69, 9.17) is 0 Å². The fourth-order valence-corrected chi connectivity index (χ4v) is 5.40. The lowest BCUT2D eigenvalue weighted by Crippen LogP contribution is -2.48. The number of hydrogen-bond donors (Lipinski definition) is 5. The Morgan fingerprint density at radius 2 is 1.89 bits per heavy atom. The lowest BCUT2D eigenvalue weighted by molar-refractivity contribution is -0.138. The van der Waals surface area contributed by atoms with Crippen LogP contribution in [0.2, 0.25) is 0 Å². The Bertz CT molecular complexity index is 1270. The molecular weight excluding hydrogens is 503 g/mol. The van der Waals surface area contributed by atoms with E-state index in [0.717, 1.165) is 38.0 Å². The van der Waals surface area contributed by atoms with Crippen molar-refractivity contribution in [2.75, 3.05) is 37.6 Å². The molecule has 1 amide bonds. The molecule has 11 nitrogen and oxygen atoms in total. The van der Waals surface area contributed by atoms with Crippen molar-refractivity contribution in [1.82, 2.24) is 20.7 Å². The van der Waals surface area contributed by atoms with E-state index in [1.807, 2.05) is 4.90 Å². The number of anilines is 1. The monoisotopic (exact) mass is 532 g/mol. The number of nitrogens with one attached hydrogen (secondary N) is 4. The highest BCUT2D eigenvalue weighted by Crippen LogP contribution is 2.24. The van der Waals surface area contributed by atoms with Gasteiger partial charge in [0.1, 0.15) is 11.9 Å². The maximum atomic E-state index is 14.9. The number of amides is 1. The van der Waals surface area contributed by atoms with Crippen LogP contribution < -0.4 is 25.6 Å². The van der Waals surface area contributed by atoms with Gasteiger partial charge in [0.25, 0.3) is 5.91 Å². The van der Waals surface area contributed by atoms with E-state index in [2.05, 4.69) is 25.7 Å². The van der Waals surface area contributed by atoms with Crippen LogP contribution >= 0.6 is 0 Å². The molecule has 1 atom stereocenters. The minimum absolute atomic E-state index is 0.00169. The second-order valence-electron chi connectivity index (χ2n) is 8.76. The number of halogens is 1. The van der Waals surface area contributed by atoms with Gasteiger partial charge in [0.15, 0.2) is 5.96 Å². The molecule has 2 heterocycles. The number of sulfonamides is 1. The summed E-state index contributed by atoms with van der Waals surface area (Å²) < 4.78 is 41.9. The molecule has 37 heavy (non-hydrogen) atoms. The zero-order valence-electron chi connectivity index (χ0n) is 20.0. The molecule has 0 aliphatic carbocycles. The van der Waals surface area contributed by atoms with Crippen molar-refractivity contribution in [1.29, 1.82) is 0 Å². The third-order valence-electron chi connectivity index (χ3n) is 6.18. The van der Waals surface area contributed by atoms with Crippen molar-refractivity contribution in [2.24, 2.45) is 4.99 Å². The number of carboxylic acid groups (broad SMARTS) is 1. The molecule has 13 heteroatoms. The highest BCUT2D eigenvalue weighted by atomic mass is 32.2. The normalized spacial score (nSPS) is 17.0. The first-order valence-electron chi connectivity index (χ1n) is 11.9. The third kappa shape index (κ3) is 6.74. The number of carbonyl (C=O) groups is 2. The number of hydrogen-bond acceptors (Lipinski definition) is 8. The van der Waals surface area contributed by atoms with Gasteiger partial charge in [0.05, 0.1) is 17.1 Å². The van der Waals surface area contributed by atoms with E-state index < -0.39 is 40.3 Å². The number of benzene rings is 2. The van der Waals surface area contributed by atoms with E-state index in [1.54, 1.807) is 6.07 Å². The van der Waals surface area contributed by atoms with Gasteiger partial charge in [-0.25, -0.2) is 12.8 Å². The smallest absolute Gasteiger partial charge is 0.323 e. The van der Waals surface area contributed by atoms with Gasteiger partial charge in [-0.1, -0.05) is 18.2 Å². The van der Waals surface area contributed by atoms with Crippen molar-refractivity contribution < 1.29 is 27.5 Å². The van der Waals surface area contributed by atoms with Gasteiger partial charge in [-0.3, -0.25) is 14.6 Å². The summed E-state index contributed by atoms with van der Waals surface area (Å²) in [6, 6.07) is 9.99. The molecular formula is C24H29FN6O5S. The van der Waals surface area contributed by atoms with E-state index >= 15 is 0 Å². The van der Waals surface area contributed by atoms with Gasteiger partial charge in [-0.2, -0.15) is 4.72 Å². The lowest BCUT2D eigenvalue weighted by atomic mass is 10.0. The number of aliphatic imine (C=N–C) groups is 1. The largest absolute Gasteiger partial charge is 0.480 e. The van der Waals surface area contributed by atoms with Crippen LogP contribution in [0.4, 0.5) is 10.1 Å². The van der Waals surface area contributed by atoms with Gasteiger partial charge in [-0.15, -0.1) is 0 Å². The quantitative estimate of drug-likeness (QED) is 0.313. The zero-order valence-corrected chi connectivity index (χ0v) is 20.8. The number of piperidine rings is 1. The maximum Gasteiger partial charge on any atom is 0.323 e. The van der Waals surface area contributed by atoms with E-state index in [9.17, 15) is 27.5 Å². The molecule has 4 rings (SSSR count). The predicted molar refractivity (Wildman–Crippen MR) is 136 cm³/mol. The molecule has 0 radical (unpaired) electrons. The predicted octanol–water partition coefficient (Wildman–Crippen LogP) is 0.505. The number of carbonyl (C=O) groups excluding carboxylic acids is 1. The van der Waals surface area contributed by atoms with Crippen LogP contribution in [-0.2, 0) is 14.8 Å². The Labute approximate surface area is 214 Å². The van der Waals surface area contributed by atoms with Crippen molar-refractivity contribution in [3.05, 3.63) is 59.9 Å². The molecule has 2 aliphatic heterocycles. The molecule has 0 aromatic heterocycles. The van der Waals surface area contributed by atoms with Crippen LogP contribution in [0.25, 0.3) is 0 Å². The Morgan fingerprint density at radius 1 is 1.16 bits per heavy atom. The first-order chi connectivity index (χ1) is 17.7. The van der Waals surface area contributed by atoms with Gasteiger partial charge in [0.2, 0.25) is 10.0 Å². The molecule has 0 spiro atoms. The van der Waals surface area contributed by atoms with Gasteiger partial charge in [-0.05, 0) is 43.2 Å². The number of carboxylic acids is 1. The first-order valence-corrected chi connectivity index (χ1v) is 13.4. The van der Waals surface area contributed by atoms with Crippen LogP contribution in [0, 0.1) is 5.82 Å². The van der Waals surface area contributed by atoms with Crippen LogP contribution in [0.3, 0.4) is 0 Å². The highest BCUT2D eigenvalue weighted by molar-refractivity contribution is 7.89. The topological polar surface area (TPSA) is 152 Å². The number of guanidine groups is 1. The molecule has 5 N–H and O–H groups in total. The van der Waals surface area contributed by atoms with Crippen LogP contribution in [0.15, 0.2) is 58.4 Å². The van der Waals surface area contributed by atoms with Crippen molar-refractivity contribution in [2.45, 2.75) is 29.8 Å². The van der Waals surface area contributed by atoms with E-state index in [1.165, 1.54) is 36.4 Å². The molecule has 0 saturated carbocycles. The standard InChI is InChI=1S/C24H29FN6O5S/c25-19-14-16(6-7-21(19)31-12-8-17(9-13-31)29-24-26-10-11-27-24)22(32)28-15-20(23(33)34)30-37(35,36)18-4-2-1-3-5-18/h1-7,14,17,20,30H,8-13,15H2,(H,28,32)(H,33,34)(H2,26,27,29)/t20-/m0/s1. The summed E-state index contributed by atoms with van der Waals surface area (Å²) in [7, 11) is -4.11. The molecule has 1 fully saturated rings. The Morgan fingerprint density at radius 3 is 2.51 bits per heavy atom. The van der Waals surface area contributed by atoms with Crippen molar-refractivity contribution >= 4 is 33.5 Å². The molecule has 1 saturated heterocycles. The summed E-state index contributed by atoms with van der Waals surface area (Å²) >= 11 is 0. The lowest BCUT2D eigenvalue weighted by Gasteiger charge is -2.34. The average Bonchev–Trinajstić information content (AvgIpc) is 3.40. The minimum atomic E-state index is -4.11. The maximum absolute atomic E-state index is 14.9. The minimum Gasteiger partial charge on any atom is -0.480 e. The van der Waals surface area contributed by atoms with Crippen molar-refractivity contribution in [3.8, 4) is 0 Å². The number of nitrogens with zero attached hydrogens (tertiary/aromatic N) is 2. The summed E-state index contributed by atoms with van der Waals surface area (Å²) in [4.78, 5) is 30.3. The Hall–Kier alpha value is -3.71. The second-order valence-corrected chi connectivity index (χ2v) is 10.5. The Kier molecular flexibility index (Phi) is 8.24. The summed E-state index contributed by atoms with van der Waals surface area (Å²) in [6.07, 6.45) is 1.61. The van der Waals surface area contributed by atoms with Crippen LogP contribution in [0.1, 0.15) is 23.2 Å². The molecule has 2 aromatic rings. The van der Waals surface area contributed by atoms with Gasteiger partial charge < -0.3 is 26.0 Å². The highest BCUT2D eigenvalue weighted by Gasteiger charge is 2.27. The van der Waals surface area contributed by atoms with E-state index in [0.29, 0.717) is 18.8 Å². The molecule has 198 valence electrons. The molecule has 2 aromatic carbocycles. The summed E-state index contributed by atoms with van der Waals surface area (Å²) in [6.45, 7) is 2.33. The summed E-state index contributed by atoms with van der Waals surface area (Å²) in [5.41, 5.74) is 0.378. The molecule has 0 bridgehead atoms. The first kappa shape index (κ1) is 26.4. The van der Waals surface area contributed by atoms with Gasteiger partial charge in [0, 0.05) is 37.8 Å².